The minimum absolute atomic E-state index is 0.0432. The van der Waals surface area contributed by atoms with E-state index in [9.17, 15) is 0 Å². The number of ether oxygens (including phenoxy) is 1. The molecule has 5 heteroatoms. The number of hydrogen-bond donors (Lipinski definition) is 0. The third-order valence-electron chi connectivity index (χ3n) is 4.97. The number of morpholine rings is 1. The van der Waals surface area contributed by atoms with Gasteiger partial charge in [-0.25, -0.2) is 15.0 Å². The van der Waals surface area contributed by atoms with Crippen LogP contribution in [-0.4, -0.2) is 40.2 Å². The Labute approximate surface area is 130 Å². The van der Waals surface area contributed by atoms with Crippen LogP contribution in [0.2, 0.25) is 0 Å². The van der Waals surface area contributed by atoms with E-state index in [2.05, 4.69) is 32.8 Å². The highest BCUT2D eigenvalue weighted by Gasteiger charge is 2.40. The normalized spacial score (nSPS) is 20.9. The van der Waals surface area contributed by atoms with Crippen LogP contribution in [0.4, 0.5) is 5.82 Å². The molecule has 1 saturated carbocycles. The van der Waals surface area contributed by atoms with Crippen molar-refractivity contribution in [3.8, 4) is 0 Å². The van der Waals surface area contributed by atoms with E-state index in [1.807, 2.05) is 6.92 Å². The zero-order chi connectivity index (χ0) is 15.2. The van der Waals surface area contributed by atoms with Crippen LogP contribution in [0.1, 0.15) is 36.9 Å². The second-order valence-corrected chi connectivity index (χ2v) is 6.64. The van der Waals surface area contributed by atoms with Crippen molar-refractivity contribution in [2.75, 3.05) is 24.6 Å². The molecule has 2 fully saturated rings. The smallest absolute Gasteiger partial charge is 0.165 e. The molecule has 5 nitrogen and oxygen atoms in total. The van der Waals surface area contributed by atoms with Gasteiger partial charge in [0.15, 0.2) is 5.65 Å². The predicted octanol–water partition coefficient (Wildman–Crippen LogP) is 2.79. The standard InChI is InChI=1S/C17H22N4O/c1-12-9-13(2)20-15-14(12)16(19-11-18-15)21-7-8-22-17(10-21)5-3-4-6-17/h9,11H,3-8,10H2,1-2H3. The third-order valence-corrected chi connectivity index (χ3v) is 4.97. The molecule has 0 unspecified atom stereocenters. The maximum Gasteiger partial charge on any atom is 0.165 e. The highest BCUT2D eigenvalue weighted by molar-refractivity contribution is 5.90. The van der Waals surface area contributed by atoms with Gasteiger partial charge < -0.3 is 9.64 Å². The van der Waals surface area contributed by atoms with Crippen molar-refractivity contribution >= 4 is 16.9 Å². The fraction of sp³-hybridized carbons (Fsp3) is 0.588. The average molecular weight is 298 g/mol. The molecule has 1 aliphatic heterocycles. The summed E-state index contributed by atoms with van der Waals surface area (Å²) in [6.45, 7) is 6.74. The molecule has 2 aromatic rings. The van der Waals surface area contributed by atoms with Crippen LogP contribution >= 0.6 is 0 Å². The number of anilines is 1. The molecule has 0 radical (unpaired) electrons. The Morgan fingerprint density at radius 3 is 2.82 bits per heavy atom. The molecule has 2 aliphatic rings. The lowest BCUT2D eigenvalue weighted by Gasteiger charge is -2.41. The van der Waals surface area contributed by atoms with Crippen molar-refractivity contribution in [2.45, 2.75) is 45.1 Å². The van der Waals surface area contributed by atoms with E-state index < -0.39 is 0 Å². The largest absolute Gasteiger partial charge is 0.371 e. The number of fused-ring (bicyclic) bond motifs is 1. The molecule has 1 saturated heterocycles. The van der Waals surface area contributed by atoms with Crippen molar-refractivity contribution in [1.29, 1.82) is 0 Å². The Morgan fingerprint density at radius 1 is 1.18 bits per heavy atom. The second-order valence-electron chi connectivity index (χ2n) is 6.64. The summed E-state index contributed by atoms with van der Waals surface area (Å²) in [5.41, 5.74) is 3.05. The van der Waals surface area contributed by atoms with Gasteiger partial charge >= 0.3 is 0 Å². The maximum absolute atomic E-state index is 6.14. The molecule has 4 rings (SSSR count). The van der Waals surface area contributed by atoms with Crippen molar-refractivity contribution < 1.29 is 4.74 Å². The fourth-order valence-electron chi connectivity index (χ4n) is 3.98. The first kappa shape index (κ1) is 13.9. The number of pyridine rings is 1. The lowest BCUT2D eigenvalue weighted by Crippen LogP contribution is -2.50. The minimum Gasteiger partial charge on any atom is -0.371 e. The zero-order valence-corrected chi connectivity index (χ0v) is 13.3. The average Bonchev–Trinajstić information content (AvgIpc) is 2.94. The van der Waals surface area contributed by atoms with Gasteiger partial charge in [-0.1, -0.05) is 12.8 Å². The van der Waals surface area contributed by atoms with E-state index in [0.29, 0.717) is 0 Å². The lowest BCUT2D eigenvalue weighted by atomic mass is 9.99. The van der Waals surface area contributed by atoms with Gasteiger partial charge in [0.05, 0.1) is 17.6 Å². The van der Waals surface area contributed by atoms with Crippen LogP contribution in [-0.2, 0) is 4.74 Å². The Hall–Kier alpha value is -1.75. The van der Waals surface area contributed by atoms with Gasteiger partial charge in [-0.05, 0) is 38.3 Å². The summed E-state index contributed by atoms with van der Waals surface area (Å²) >= 11 is 0. The van der Waals surface area contributed by atoms with Crippen LogP contribution in [0.15, 0.2) is 12.4 Å². The minimum atomic E-state index is 0.0432. The molecule has 0 bridgehead atoms. The fourth-order valence-corrected chi connectivity index (χ4v) is 3.98. The Morgan fingerprint density at radius 2 is 2.00 bits per heavy atom. The topological polar surface area (TPSA) is 51.1 Å². The van der Waals surface area contributed by atoms with Crippen molar-refractivity contribution in [1.82, 2.24) is 15.0 Å². The maximum atomic E-state index is 6.14. The molecular formula is C17H22N4O. The van der Waals surface area contributed by atoms with Crippen molar-refractivity contribution in [3.63, 3.8) is 0 Å². The van der Waals surface area contributed by atoms with Crippen molar-refractivity contribution in [3.05, 3.63) is 23.7 Å². The summed E-state index contributed by atoms with van der Waals surface area (Å²) in [5, 5.41) is 1.09. The van der Waals surface area contributed by atoms with E-state index >= 15 is 0 Å². The van der Waals surface area contributed by atoms with Crippen LogP contribution in [0.25, 0.3) is 11.0 Å². The van der Waals surface area contributed by atoms with Gasteiger partial charge in [-0.3, -0.25) is 0 Å². The summed E-state index contributed by atoms with van der Waals surface area (Å²) in [4.78, 5) is 15.9. The highest BCUT2D eigenvalue weighted by atomic mass is 16.5. The molecule has 0 aromatic carbocycles. The Bertz CT molecular complexity index is 709. The molecule has 1 spiro atoms. The predicted molar refractivity (Wildman–Crippen MR) is 86.2 cm³/mol. The molecule has 0 atom stereocenters. The molecule has 0 amide bonds. The summed E-state index contributed by atoms with van der Waals surface area (Å²) in [7, 11) is 0. The van der Waals surface area contributed by atoms with E-state index in [1.54, 1.807) is 6.33 Å². The molecule has 3 heterocycles. The lowest BCUT2D eigenvalue weighted by molar-refractivity contribution is -0.0502. The number of aromatic nitrogens is 3. The molecule has 22 heavy (non-hydrogen) atoms. The first-order valence-corrected chi connectivity index (χ1v) is 8.15. The first-order chi connectivity index (χ1) is 10.7. The van der Waals surface area contributed by atoms with E-state index in [0.717, 1.165) is 42.2 Å². The van der Waals surface area contributed by atoms with Crippen LogP contribution < -0.4 is 4.90 Å². The van der Waals surface area contributed by atoms with Gasteiger partial charge in [0.2, 0.25) is 0 Å². The monoisotopic (exact) mass is 298 g/mol. The Balaban J connectivity index is 1.77. The number of nitrogens with zero attached hydrogens (tertiary/aromatic N) is 4. The molecule has 116 valence electrons. The molecule has 2 aromatic heterocycles. The summed E-state index contributed by atoms with van der Waals surface area (Å²) in [6, 6.07) is 2.11. The summed E-state index contributed by atoms with van der Waals surface area (Å²) < 4.78 is 6.14. The molecule has 0 N–H and O–H groups in total. The number of rotatable bonds is 1. The van der Waals surface area contributed by atoms with Crippen molar-refractivity contribution in [2.24, 2.45) is 0 Å². The first-order valence-electron chi connectivity index (χ1n) is 8.15. The van der Waals surface area contributed by atoms with Gasteiger partial charge in [0, 0.05) is 18.8 Å². The summed E-state index contributed by atoms with van der Waals surface area (Å²) in [6.07, 6.45) is 6.53. The van der Waals surface area contributed by atoms with Gasteiger partial charge in [0.25, 0.3) is 0 Å². The van der Waals surface area contributed by atoms with Crippen LogP contribution in [0.5, 0.6) is 0 Å². The third kappa shape index (κ3) is 2.24. The second kappa shape index (κ2) is 5.16. The van der Waals surface area contributed by atoms with E-state index in [4.69, 9.17) is 4.74 Å². The Kier molecular flexibility index (Phi) is 3.26. The zero-order valence-electron chi connectivity index (χ0n) is 13.3. The highest BCUT2D eigenvalue weighted by Crippen LogP contribution is 2.38. The molecule has 1 aliphatic carbocycles. The van der Waals surface area contributed by atoms with Crippen LogP contribution in [0, 0.1) is 13.8 Å². The van der Waals surface area contributed by atoms with Gasteiger partial charge in [0.1, 0.15) is 12.1 Å². The number of aryl methyl sites for hydroxylation is 2. The number of hydrogen-bond acceptors (Lipinski definition) is 5. The van der Waals surface area contributed by atoms with Crippen LogP contribution in [0.3, 0.4) is 0 Å². The van der Waals surface area contributed by atoms with E-state index in [1.165, 1.54) is 31.2 Å². The van der Waals surface area contributed by atoms with Gasteiger partial charge in [-0.2, -0.15) is 0 Å². The van der Waals surface area contributed by atoms with Gasteiger partial charge in [-0.15, -0.1) is 0 Å². The SMILES string of the molecule is Cc1cc(C)c2c(N3CCOC4(CCCC4)C3)ncnc2n1. The molecular weight excluding hydrogens is 276 g/mol. The summed E-state index contributed by atoms with van der Waals surface area (Å²) in [5.74, 6) is 1.02. The quantitative estimate of drug-likeness (QED) is 0.810. The van der Waals surface area contributed by atoms with E-state index in [-0.39, 0.29) is 5.60 Å².